The monoisotopic (exact) mass is 325 g/mol. The predicted molar refractivity (Wildman–Crippen MR) is 91.3 cm³/mol. The van der Waals surface area contributed by atoms with Gasteiger partial charge in [0.15, 0.2) is 4.77 Å². The third kappa shape index (κ3) is 3.73. The average molecular weight is 325 g/mol. The normalized spacial score (nSPS) is 10.6. The summed E-state index contributed by atoms with van der Waals surface area (Å²) in [6.07, 6.45) is 3.71. The molecule has 3 aromatic rings. The van der Waals surface area contributed by atoms with Crippen LogP contribution in [0, 0.1) is 4.77 Å². The zero-order chi connectivity index (χ0) is 16.2. The molecule has 0 saturated heterocycles. The zero-order valence-corrected chi connectivity index (χ0v) is 13.1. The van der Waals surface area contributed by atoms with Crippen LogP contribution >= 0.6 is 12.2 Å². The van der Waals surface area contributed by atoms with Gasteiger partial charge in [-0.15, -0.1) is 0 Å². The Kier molecular flexibility index (Phi) is 4.34. The van der Waals surface area contributed by atoms with Gasteiger partial charge >= 0.3 is 0 Å². The molecular formula is C17H15N3O2S. The standard InChI is InChI=1S/C17H15N3O2S/c21-15-9-13(8-14-10-18-17(23)19-16(14)22)6-7-20(15)11-12-4-2-1-3-5-12/h1-7,9-10H,8,11H2,(H2,18,19,22,23). The van der Waals surface area contributed by atoms with E-state index in [0.717, 1.165) is 11.1 Å². The topological polar surface area (TPSA) is 70.7 Å². The highest BCUT2D eigenvalue weighted by atomic mass is 32.1. The van der Waals surface area contributed by atoms with E-state index in [1.54, 1.807) is 23.0 Å². The Balaban J connectivity index is 1.83. The molecule has 0 aliphatic rings. The van der Waals surface area contributed by atoms with Crippen LogP contribution in [0.3, 0.4) is 0 Å². The fourth-order valence-electron chi connectivity index (χ4n) is 2.36. The number of pyridine rings is 1. The van der Waals surface area contributed by atoms with E-state index in [4.69, 9.17) is 12.2 Å². The van der Waals surface area contributed by atoms with Crippen LogP contribution in [-0.2, 0) is 13.0 Å². The van der Waals surface area contributed by atoms with Gasteiger partial charge < -0.3 is 9.55 Å². The number of rotatable bonds is 4. The van der Waals surface area contributed by atoms with E-state index in [0.29, 0.717) is 18.5 Å². The lowest BCUT2D eigenvalue weighted by Crippen LogP contribution is -2.20. The van der Waals surface area contributed by atoms with Crippen LogP contribution in [0.25, 0.3) is 0 Å². The molecule has 0 fully saturated rings. The predicted octanol–water partition coefficient (Wildman–Crippen LogP) is 2.23. The molecular weight excluding hydrogens is 310 g/mol. The maximum atomic E-state index is 12.2. The van der Waals surface area contributed by atoms with Crippen molar-refractivity contribution in [2.45, 2.75) is 13.0 Å². The molecule has 23 heavy (non-hydrogen) atoms. The highest BCUT2D eigenvalue weighted by molar-refractivity contribution is 7.71. The number of nitrogens with zero attached hydrogens (tertiary/aromatic N) is 1. The minimum Gasteiger partial charge on any atom is -0.338 e. The number of hydrogen-bond donors (Lipinski definition) is 2. The first-order valence-electron chi connectivity index (χ1n) is 7.16. The number of nitrogens with one attached hydrogen (secondary N) is 2. The fourth-order valence-corrected chi connectivity index (χ4v) is 2.51. The summed E-state index contributed by atoms with van der Waals surface area (Å²) in [5, 5.41) is 0. The molecule has 116 valence electrons. The van der Waals surface area contributed by atoms with E-state index >= 15 is 0 Å². The molecule has 3 rings (SSSR count). The molecule has 2 heterocycles. The van der Waals surface area contributed by atoms with E-state index in [2.05, 4.69) is 9.97 Å². The summed E-state index contributed by atoms with van der Waals surface area (Å²) in [5.41, 5.74) is 2.07. The van der Waals surface area contributed by atoms with Crippen molar-refractivity contribution in [3.8, 4) is 0 Å². The molecule has 0 aliphatic carbocycles. The van der Waals surface area contributed by atoms with Gasteiger partial charge in [0.25, 0.3) is 11.1 Å². The smallest absolute Gasteiger partial charge is 0.255 e. The molecule has 0 aliphatic heterocycles. The first-order chi connectivity index (χ1) is 11.1. The van der Waals surface area contributed by atoms with Crippen molar-refractivity contribution in [2.75, 3.05) is 0 Å². The second kappa shape index (κ2) is 6.58. The van der Waals surface area contributed by atoms with Crippen molar-refractivity contribution in [3.63, 3.8) is 0 Å². The second-order valence-electron chi connectivity index (χ2n) is 5.26. The van der Waals surface area contributed by atoms with Crippen molar-refractivity contribution in [1.29, 1.82) is 0 Å². The molecule has 2 N–H and O–H groups in total. The van der Waals surface area contributed by atoms with Crippen molar-refractivity contribution in [3.05, 3.63) is 97.0 Å². The molecule has 0 atom stereocenters. The minimum atomic E-state index is -0.234. The van der Waals surface area contributed by atoms with Gasteiger partial charge in [-0.25, -0.2) is 0 Å². The van der Waals surface area contributed by atoms with Crippen molar-refractivity contribution >= 4 is 12.2 Å². The summed E-state index contributed by atoms with van der Waals surface area (Å²) in [5.74, 6) is 0. The van der Waals surface area contributed by atoms with Gasteiger partial charge in [0.1, 0.15) is 0 Å². The largest absolute Gasteiger partial charge is 0.338 e. The SMILES string of the molecule is O=c1[nH]c(=S)[nH]cc1Cc1ccn(Cc2ccccc2)c(=O)c1. The van der Waals surface area contributed by atoms with Gasteiger partial charge in [-0.1, -0.05) is 30.3 Å². The van der Waals surface area contributed by atoms with Gasteiger partial charge in [0, 0.05) is 30.4 Å². The summed E-state index contributed by atoms with van der Waals surface area (Å²) in [7, 11) is 0. The number of benzene rings is 1. The average Bonchev–Trinajstić information content (AvgIpc) is 2.54. The van der Waals surface area contributed by atoms with Crippen LogP contribution in [0.4, 0.5) is 0 Å². The summed E-state index contributed by atoms with van der Waals surface area (Å²) in [6.45, 7) is 0.527. The van der Waals surface area contributed by atoms with Crippen LogP contribution in [0.2, 0.25) is 0 Å². The summed E-state index contributed by atoms with van der Waals surface area (Å²) in [6, 6.07) is 13.2. The molecule has 0 bridgehead atoms. The van der Waals surface area contributed by atoms with E-state index in [1.807, 2.05) is 36.4 Å². The van der Waals surface area contributed by atoms with E-state index in [9.17, 15) is 9.59 Å². The van der Waals surface area contributed by atoms with Crippen LogP contribution in [0.5, 0.6) is 0 Å². The quantitative estimate of drug-likeness (QED) is 0.723. The molecule has 5 nitrogen and oxygen atoms in total. The zero-order valence-electron chi connectivity index (χ0n) is 12.3. The van der Waals surface area contributed by atoms with Gasteiger partial charge in [-0.3, -0.25) is 14.6 Å². The highest BCUT2D eigenvalue weighted by Gasteiger charge is 2.04. The van der Waals surface area contributed by atoms with E-state index in [-0.39, 0.29) is 15.9 Å². The summed E-state index contributed by atoms with van der Waals surface area (Å²) < 4.78 is 1.93. The van der Waals surface area contributed by atoms with Crippen molar-refractivity contribution < 1.29 is 0 Å². The summed E-state index contributed by atoms with van der Waals surface area (Å²) in [4.78, 5) is 29.4. The number of hydrogen-bond acceptors (Lipinski definition) is 3. The third-order valence-electron chi connectivity index (χ3n) is 3.55. The molecule has 6 heteroatoms. The maximum absolute atomic E-state index is 12.2. The van der Waals surface area contributed by atoms with Crippen LogP contribution in [0.1, 0.15) is 16.7 Å². The van der Waals surface area contributed by atoms with Gasteiger partial charge in [-0.05, 0) is 29.4 Å². The Bertz CT molecular complexity index is 987. The second-order valence-corrected chi connectivity index (χ2v) is 5.67. The van der Waals surface area contributed by atoms with Crippen molar-refractivity contribution in [2.24, 2.45) is 0 Å². The van der Waals surface area contributed by atoms with Gasteiger partial charge in [0.2, 0.25) is 0 Å². The molecule has 0 unspecified atom stereocenters. The first-order valence-corrected chi connectivity index (χ1v) is 7.57. The number of aromatic nitrogens is 3. The third-order valence-corrected chi connectivity index (χ3v) is 3.77. The lowest BCUT2D eigenvalue weighted by atomic mass is 10.1. The van der Waals surface area contributed by atoms with Crippen molar-refractivity contribution in [1.82, 2.24) is 14.5 Å². The fraction of sp³-hybridized carbons (Fsp3) is 0.118. The Morgan fingerprint density at radius 3 is 2.52 bits per heavy atom. The molecule has 0 spiro atoms. The van der Waals surface area contributed by atoms with Gasteiger partial charge in [0.05, 0.1) is 6.54 Å². The van der Waals surface area contributed by atoms with Crippen LogP contribution in [-0.4, -0.2) is 14.5 Å². The maximum Gasteiger partial charge on any atom is 0.255 e. The number of H-pyrrole nitrogens is 2. The minimum absolute atomic E-state index is 0.0911. The van der Waals surface area contributed by atoms with E-state index in [1.165, 1.54) is 0 Å². The lowest BCUT2D eigenvalue weighted by molar-refractivity contribution is 0.755. The van der Waals surface area contributed by atoms with Gasteiger partial charge in [-0.2, -0.15) is 0 Å². The Hall–Kier alpha value is -2.73. The molecule has 1 aromatic carbocycles. The van der Waals surface area contributed by atoms with Crippen LogP contribution in [0.15, 0.2) is 64.4 Å². The Morgan fingerprint density at radius 1 is 1.04 bits per heavy atom. The molecule has 0 saturated carbocycles. The number of aromatic amines is 2. The molecule has 0 radical (unpaired) electrons. The van der Waals surface area contributed by atoms with Crippen LogP contribution < -0.4 is 11.1 Å². The molecule has 0 amide bonds. The molecule has 2 aromatic heterocycles. The Morgan fingerprint density at radius 2 is 1.83 bits per heavy atom. The Labute approximate surface area is 137 Å². The summed E-state index contributed by atoms with van der Waals surface area (Å²) >= 11 is 4.86. The highest BCUT2D eigenvalue weighted by Crippen LogP contribution is 2.04. The lowest BCUT2D eigenvalue weighted by Gasteiger charge is -2.07. The first kappa shape index (κ1) is 15.2. The van der Waals surface area contributed by atoms with E-state index < -0.39 is 0 Å².